The summed E-state index contributed by atoms with van der Waals surface area (Å²) in [5.74, 6) is 1.48. The van der Waals surface area contributed by atoms with Crippen molar-refractivity contribution in [3.63, 3.8) is 0 Å². The predicted octanol–water partition coefficient (Wildman–Crippen LogP) is 2.27. The van der Waals surface area contributed by atoms with Gasteiger partial charge in [-0.25, -0.2) is 0 Å². The highest BCUT2D eigenvalue weighted by Gasteiger charge is 2.26. The first-order valence-corrected chi connectivity index (χ1v) is 9.09. The Bertz CT molecular complexity index is 535. The van der Waals surface area contributed by atoms with Gasteiger partial charge in [0.2, 0.25) is 0 Å². The van der Waals surface area contributed by atoms with Crippen molar-refractivity contribution >= 4 is 5.91 Å². The molecule has 2 fully saturated rings. The molecule has 5 nitrogen and oxygen atoms in total. The molecular formula is C19H28N2O3. The largest absolute Gasteiger partial charge is 0.493 e. The standard InChI is InChI=1S/C19H28N2O3/c1-2-24-18-6-4-3-5-17(18)19(22)21-9-7-16(8-10-21)15-20-11-13-23-14-12-20/h3-6,16H,2,7-15H2,1H3. The van der Waals surface area contributed by atoms with Crippen LogP contribution in [0.1, 0.15) is 30.1 Å². The molecule has 1 aromatic rings. The lowest BCUT2D eigenvalue weighted by Gasteiger charge is -2.36. The van der Waals surface area contributed by atoms with E-state index in [-0.39, 0.29) is 5.91 Å². The molecule has 0 atom stereocenters. The van der Waals surface area contributed by atoms with Gasteiger partial charge in [0, 0.05) is 32.7 Å². The molecule has 1 aromatic carbocycles. The van der Waals surface area contributed by atoms with Crippen molar-refractivity contribution in [3.8, 4) is 5.75 Å². The zero-order valence-electron chi connectivity index (χ0n) is 14.6. The molecule has 0 spiro atoms. The van der Waals surface area contributed by atoms with Crippen molar-refractivity contribution in [2.75, 3.05) is 52.5 Å². The van der Waals surface area contributed by atoms with Crippen molar-refractivity contribution in [1.82, 2.24) is 9.80 Å². The van der Waals surface area contributed by atoms with Crippen molar-refractivity contribution in [2.24, 2.45) is 5.92 Å². The predicted molar refractivity (Wildman–Crippen MR) is 93.5 cm³/mol. The number of morpholine rings is 1. The van der Waals surface area contributed by atoms with Gasteiger partial charge in [-0.2, -0.15) is 0 Å². The van der Waals surface area contributed by atoms with Crippen LogP contribution < -0.4 is 4.74 Å². The van der Waals surface area contributed by atoms with E-state index < -0.39 is 0 Å². The normalized spacial score (nSPS) is 20.1. The first kappa shape index (κ1) is 17.2. The first-order chi connectivity index (χ1) is 11.8. The Hall–Kier alpha value is -1.59. The Labute approximate surface area is 144 Å². The average Bonchev–Trinajstić information content (AvgIpc) is 2.63. The number of carbonyl (C=O) groups is 1. The summed E-state index contributed by atoms with van der Waals surface area (Å²) in [5, 5.41) is 0. The molecule has 24 heavy (non-hydrogen) atoms. The number of piperidine rings is 1. The molecule has 0 aromatic heterocycles. The summed E-state index contributed by atoms with van der Waals surface area (Å²) in [7, 11) is 0. The first-order valence-electron chi connectivity index (χ1n) is 9.09. The van der Waals surface area contributed by atoms with Crippen LogP contribution in [0.5, 0.6) is 5.75 Å². The van der Waals surface area contributed by atoms with Crippen LogP contribution in [0.2, 0.25) is 0 Å². The van der Waals surface area contributed by atoms with Crippen LogP contribution in [0.3, 0.4) is 0 Å². The molecule has 132 valence electrons. The van der Waals surface area contributed by atoms with Crippen molar-refractivity contribution in [1.29, 1.82) is 0 Å². The molecule has 2 aliphatic rings. The molecule has 0 saturated carbocycles. The van der Waals surface area contributed by atoms with Crippen LogP contribution in [0.25, 0.3) is 0 Å². The number of para-hydroxylation sites is 1. The van der Waals surface area contributed by atoms with Gasteiger partial charge in [0.15, 0.2) is 0 Å². The molecule has 0 N–H and O–H groups in total. The summed E-state index contributed by atoms with van der Waals surface area (Å²) in [5.41, 5.74) is 0.686. The third-order valence-corrected chi connectivity index (χ3v) is 4.94. The number of benzene rings is 1. The number of likely N-dealkylation sites (tertiary alicyclic amines) is 1. The van der Waals surface area contributed by atoms with E-state index in [9.17, 15) is 4.79 Å². The zero-order chi connectivity index (χ0) is 16.8. The molecular weight excluding hydrogens is 304 g/mol. The lowest BCUT2D eigenvalue weighted by molar-refractivity contribution is 0.0242. The van der Waals surface area contributed by atoms with Gasteiger partial charge in [0.05, 0.1) is 25.4 Å². The van der Waals surface area contributed by atoms with E-state index in [4.69, 9.17) is 9.47 Å². The minimum absolute atomic E-state index is 0.101. The second kappa shape index (κ2) is 8.49. The molecule has 0 aliphatic carbocycles. The third-order valence-electron chi connectivity index (χ3n) is 4.94. The van der Waals surface area contributed by atoms with Crippen LogP contribution in [0, 0.1) is 5.92 Å². The van der Waals surface area contributed by atoms with E-state index in [1.807, 2.05) is 36.1 Å². The van der Waals surface area contributed by atoms with Gasteiger partial charge < -0.3 is 14.4 Å². The molecule has 2 heterocycles. The Kier molecular flexibility index (Phi) is 6.10. The number of rotatable bonds is 5. The summed E-state index contributed by atoms with van der Waals surface area (Å²) >= 11 is 0. The lowest BCUT2D eigenvalue weighted by Crippen LogP contribution is -2.44. The molecule has 1 amide bonds. The highest BCUT2D eigenvalue weighted by atomic mass is 16.5. The molecule has 2 aliphatic heterocycles. The summed E-state index contributed by atoms with van der Waals surface area (Å²) < 4.78 is 11.0. The van der Waals surface area contributed by atoms with Crippen molar-refractivity contribution in [3.05, 3.63) is 29.8 Å². The maximum atomic E-state index is 12.8. The van der Waals surface area contributed by atoms with E-state index in [0.29, 0.717) is 23.8 Å². The summed E-state index contributed by atoms with van der Waals surface area (Å²) in [6.07, 6.45) is 2.17. The Morgan fingerprint density at radius 1 is 1.17 bits per heavy atom. The van der Waals surface area contributed by atoms with E-state index in [2.05, 4.69) is 4.90 Å². The number of hydrogen-bond donors (Lipinski definition) is 0. The fraction of sp³-hybridized carbons (Fsp3) is 0.632. The van der Waals surface area contributed by atoms with E-state index >= 15 is 0 Å². The highest BCUT2D eigenvalue weighted by molar-refractivity contribution is 5.97. The van der Waals surface area contributed by atoms with Gasteiger partial charge in [-0.15, -0.1) is 0 Å². The average molecular weight is 332 g/mol. The fourth-order valence-corrected chi connectivity index (χ4v) is 3.56. The van der Waals surface area contributed by atoms with Crippen LogP contribution in [0.4, 0.5) is 0 Å². The van der Waals surface area contributed by atoms with E-state index in [1.54, 1.807) is 0 Å². The maximum Gasteiger partial charge on any atom is 0.257 e. The second-order valence-corrected chi connectivity index (χ2v) is 6.58. The molecule has 3 rings (SSSR count). The molecule has 0 bridgehead atoms. The van der Waals surface area contributed by atoms with Crippen molar-refractivity contribution < 1.29 is 14.3 Å². The number of ether oxygens (including phenoxy) is 2. The molecule has 0 radical (unpaired) electrons. The van der Waals surface area contributed by atoms with Gasteiger partial charge >= 0.3 is 0 Å². The zero-order valence-corrected chi connectivity index (χ0v) is 14.6. The quantitative estimate of drug-likeness (QED) is 0.829. The van der Waals surface area contributed by atoms with E-state index in [1.165, 1.54) is 0 Å². The number of amides is 1. The van der Waals surface area contributed by atoms with Gasteiger partial charge in [0.1, 0.15) is 5.75 Å². The SMILES string of the molecule is CCOc1ccccc1C(=O)N1CCC(CN2CCOCC2)CC1. The van der Waals surface area contributed by atoms with Crippen LogP contribution in [-0.2, 0) is 4.74 Å². The smallest absolute Gasteiger partial charge is 0.257 e. The minimum atomic E-state index is 0.101. The topological polar surface area (TPSA) is 42.0 Å². The Balaban J connectivity index is 1.53. The van der Waals surface area contributed by atoms with Gasteiger partial charge in [-0.3, -0.25) is 9.69 Å². The summed E-state index contributed by atoms with van der Waals surface area (Å²) in [6.45, 7) is 9.13. The van der Waals surface area contributed by atoms with Gasteiger partial charge in [0.25, 0.3) is 5.91 Å². The molecule has 2 saturated heterocycles. The van der Waals surface area contributed by atoms with Crippen LogP contribution in [0.15, 0.2) is 24.3 Å². The number of carbonyl (C=O) groups excluding carboxylic acids is 1. The maximum absolute atomic E-state index is 12.8. The Morgan fingerprint density at radius 2 is 1.88 bits per heavy atom. The second-order valence-electron chi connectivity index (χ2n) is 6.58. The van der Waals surface area contributed by atoms with E-state index in [0.717, 1.165) is 58.8 Å². The fourth-order valence-electron chi connectivity index (χ4n) is 3.56. The van der Waals surface area contributed by atoms with Gasteiger partial charge in [-0.1, -0.05) is 12.1 Å². The van der Waals surface area contributed by atoms with Gasteiger partial charge in [-0.05, 0) is 37.8 Å². The van der Waals surface area contributed by atoms with Crippen molar-refractivity contribution in [2.45, 2.75) is 19.8 Å². The number of hydrogen-bond acceptors (Lipinski definition) is 4. The Morgan fingerprint density at radius 3 is 2.58 bits per heavy atom. The highest BCUT2D eigenvalue weighted by Crippen LogP contribution is 2.24. The van der Waals surface area contributed by atoms with Crippen LogP contribution >= 0.6 is 0 Å². The lowest BCUT2D eigenvalue weighted by atomic mass is 9.95. The summed E-state index contributed by atoms with van der Waals surface area (Å²) in [6, 6.07) is 7.56. The van der Waals surface area contributed by atoms with Crippen LogP contribution in [-0.4, -0.2) is 68.3 Å². The number of nitrogens with zero attached hydrogens (tertiary/aromatic N) is 2. The third kappa shape index (κ3) is 4.28. The minimum Gasteiger partial charge on any atom is -0.493 e. The monoisotopic (exact) mass is 332 g/mol. The molecule has 5 heteroatoms. The molecule has 0 unspecified atom stereocenters. The summed E-state index contributed by atoms with van der Waals surface area (Å²) in [4.78, 5) is 17.3.